The molecule has 2 rings (SSSR count). The summed E-state index contributed by atoms with van der Waals surface area (Å²) >= 11 is 0. The second-order valence-corrected chi connectivity index (χ2v) is 7.18. The van der Waals surface area contributed by atoms with Crippen molar-refractivity contribution in [1.82, 2.24) is 5.32 Å². The predicted octanol–water partition coefficient (Wildman–Crippen LogP) is 3.28. The van der Waals surface area contributed by atoms with Gasteiger partial charge in [-0.1, -0.05) is 20.8 Å². The van der Waals surface area contributed by atoms with Crippen LogP contribution in [0.15, 0.2) is 0 Å². The normalized spacial score (nSPS) is 31.9. The zero-order valence-electron chi connectivity index (χ0n) is 12.8. The molecule has 1 aliphatic heterocycles. The van der Waals surface area contributed by atoms with Gasteiger partial charge in [0.15, 0.2) is 0 Å². The second-order valence-electron chi connectivity index (χ2n) is 7.18. The minimum absolute atomic E-state index is 0.0481. The summed E-state index contributed by atoms with van der Waals surface area (Å²) in [6.45, 7) is 8.55. The fraction of sp³-hybridized carbons (Fsp3) is 0.938. The van der Waals surface area contributed by atoms with E-state index >= 15 is 0 Å². The SMILES string of the molecule is CCC1(C(=O)OC2CCC(C)(C)CC2)CCCNC1. The monoisotopic (exact) mass is 267 g/mol. The molecule has 1 heterocycles. The van der Waals surface area contributed by atoms with Crippen LogP contribution in [0.2, 0.25) is 0 Å². The summed E-state index contributed by atoms with van der Waals surface area (Å²) in [6, 6.07) is 0. The number of carbonyl (C=O) groups is 1. The van der Waals surface area contributed by atoms with Gasteiger partial charge in [-0.05, 0) is 56.9 Å². The number of piperidine rings is 1. The lowest BCUT2D eigenvalue weighted by molar-refractivity contribution is -0.165. The summed E-state index contributed by atoms with van der Waals surface area (Å²) in [5.74, 6) is 0.0481. The quantitative estimate of drug-likeness (QED) is 0.798. The molecule has 0 aromatic heterocycles. The van der Waals surface area contributed by atoms with E-state index in [9.17, 15) is 4.79 Å². The summed E-state index contributed by atoms with van der Waals surface area (Å²) in [6.07, 6.45) is 7.51. The molecular formula is C16H29NO2. The first-order valence-corrected chi connectivity index (χ1v) is 7.89. The van der Waals surface area contributed by atoms with E-state index in [1.165, 1.54) is 12.8 Å². The summed E-state index contributed by atoms with van der Waals surface area (Å²) in [4.78, 5) is 12.5. The van der Waals surface area contributed by atoms with Crippen molar-refractivity contribution in [3.8, 4) is 0 Å². The van der Waals surface area contributed by atoms with Crippen LogP contribution in [0.25, 0.3) is 0 Å². The van der Waals surface area contributed by atoms with Crippen molar-refractivity contribution in [2.45, 2.75) is 71.8 Å². The van der Waals surface area contributed by atoms with Crippen molar-refractivity contribution in [2.75, 3.05) is 13.1 Å². The molecule has 1 atom stereocenters. The fourth-order valence-electron chi connectivity index (χ4n) is 3.36. The molecule has 2 aliphatic rings. The fourth-order valence-corrected chi connectivity index (χ4v) is 3.36. The van der Waals surface area contributed by atoms with Gasteiger partial charge in [0.2, 0.25) is 0 Å². The van der Waals surface area contributed by atoms with E-state index in [0.29, 0.717) is 5.41 Å². The van der Waals surface area contributed by atoms with Crippen molar-refractivity contribution >= 4 is 5.97 Å². The summed E-state index contributed by atoms with van der Waals surface area (Å²) < 4.78 is 5.84. The van der Waals surface area contributed by atoms with Crippen LogP contribution in [0.1, 0.15) is 65.7 Å². The second kappa shape index (κ2) is 5.82. The number of nitrogens with one attached hydrogen (secondary N) is 1. The van der Waals surface area contributed by atoms with Gasteiger partial charge >= 0.3 is 5.97 Å². The van der Waals surface area contributed by atoms with E-state index in [1.54, 1.807) is 0 Å². The molecule has 0 amide bonds. The van der Waals surface area contributed by atoms with Gasteiger partial charge in [0.1, 0.15) is 6.10 Å². The van der Waals surface area contributed by atoms with Crippen LogP contribution in [0.4, 0.5) is 0 Å². The largest absolute Gasteiger partial charge is 0.462 e. The third-order valence-electron chi connectivity index (χ3n) is 5.14. The van der Waals surface area contributed by atoms with E-state index in [2.05, 4.69) is 26.1 Å². The zero-order chi connectivity index (χ0) is 13.9. The van der Waals surface area contributed by atoms with Crippen LogP contribution in [-0.4, -0.2) is 25.2 Å². The lowest BCUT2D eigenvalue weighted by Gasteiger charge is -2.38. The Morgan fingerprint density at radius 3 is 2.47 bits per heavy atom. The van der Waals surface area contributed by atoms with Crippen LogP contribution in [0.3, 0.4) is 0 Å². The number of ether oxygens (including phenoxy) is 1. The van der Waals surface area contributed by atoms with E-state index < -0.39 is 0 Å². The van der Waals surface area contributed by atoms with Crippen LogP contribution in [-0.2, 0) is 9.53 Å². The molecule has 0 radical (unpaired) electrons. The van der Waals surface area contributed by atoms with Gasteiger partial charge in [0, 0.05) is 6.54 Å². The molecule has 1 unspecified atom stereocenters. The lowest BCUT2D eigenvalue weighted by Crippen LogP contribution is -2.47. The van der Waals surface area contributed by atoms with Crippen LogP contribution >= 0.6 is 0 Å². The Morgan fingerprint density at radius 2 is 1.95 bits per heavy atom. The Bertz CT molecular complexity index is 309. The first-order valence-electron chi connectivity index (χ1n) is 7.89. The molecule has 1 aliphatic carbocycles. The molecule has 3 nitrogen and oxygen atoms in total. The highest BCUT2D eigenvalue weighted by Crippen LogP contribution is 2.38. The zero-order valence-corrected chi connectivity index (χ0v) is 12.8. The minimum atomic E-state index is -0.259. The average molecular weight is 267 g/mol. The van der Waals surface area contributed by atoms with Gasteiger partial charge in [-0.25, -0.2) is 0 Å². The summed E-state index contributed by atoms with van der Waals surface area (Å²) in [5, 5.41) is 3.36. The van der Waals surface area contributed by atoms with E-state index in [0.717, 1.165) is 45.2 Å². The maximum Gasteiger partial charge on any atom is 0.313 e. The Morgan fingerprint density at radius 1 is 1.26 bits per heavy atom. The van der Waals surface area contributed by atoms with Crippen molar-refractivity contribution in [2.24, 2.45) is 10.8 Å². The molecule has 0 bridgehead atoms. The van der Waals surface area contributed by atoms with Crippen molar-refractivity contribution in [3.63, 3.8) is 0 Å². The molecule has 1 saturated carbocycles. The topological polar surface area (TPSA) is 38.3 Å². The highest BCUT2D eigenvalue weighted by Gasteiger charge is 2.41. The third-order valence-corrected chi connectivity index (χ3v) is 5.14. The van der Waals surface area contributed by atoms with Crippen LogP contribution in [0.5, 0.6) is 0 Å². The Hall–Kier alpha value is -0.570. The molecular weight excluding hydrogens is 238 g/mol. The van der Waals surface area contributed by atoms with Gasteiger partial charge in [-0.15, -0.1) is 0 Å². The predicted molar refractivity (Wildman–Crippen MR) is 77.0 cm³/mol. The first-order chi connectivity index (χ1) is 8.97. The van der Waals surface area contributed by atoms with Gasteiger partial charge in [-0.2, -0.15) is 0 Å². The lowest BCUT2D eigenvalue weighted by atomic mass is 9.76. The number of carbonyl (C=O) groups excluding carboxylic acids is 1. The summed E-state index contributed by atoms with van der Waals surface area (Å²) in [7, 11) is 0. The van der Waals surface area contributed by atoms with E-state index in [1.807, 2.05) is 0 Å². The highest BCUT2D eigenvalue weighted by molar-refractivity contribution is 5.77. The molecule has 19 heavy (non-hydrogen) atoms. The number of hydrogen-bond acceptors (Lipinski definition) is 3. The molecule has 110 valence electrons. The van der Waals surface area contributed by atoms with E-state index in [-0.39, 0.29) is 17.5 Å². The number of esters is 1. The number of hydrogen-bond donors (Lipinski definition) is 1. The van der Waals surface area contributed by atoms with Gasteiger partial charge < -0.3 is 10.1 Å². The maximum atomic E-state index is 12.5. The molecule has 0 aromatic rings. The Labute approximate surface area is 117 Å². The summed E-state index contributed by atoms with van der Waals surface area (Å²) in [5.41, 5.74) is 0.170. The van der Waals surface area contributed by atoms with Gasteiger partial charge in [0.25, 0.3) is 0 Å². The highest BCUT2D eigenvalue weighted by atomic mass is 16.5. The van der Waals surface area contributed by atoms with Gasteiger partial charge in [-0.3, -0.25) is 4.79 Å². The molecule has 3 heteroatoms. The third kappa shape index (κ3) is 3.50. The number of rotatable bonds is 3. The Balaban J connectivity index is 1.89. The van der Waals surface area contributed by atoms with Crippen LogP contribution in [0, 0.1) is 10.8 Å². The molecule has 0 aromatic carbocycles. The van der Waals surface area contributed by atoms with E-state index in [4.69, 9.17) is 4.74 Å². The smallest absolute Gasteiger partial charge is 0.313 e. The standard InChI is InChI=1S/C16H29NO2/c1-4-16(8-5-11-17-12-16)14(18)19-13-6-9-15(2,3)10-7-13/h13,17H,4-12H2,1-3H3. The molecule has 0 spiro atoms. The van der Waals surface area contributed by atoms with Crippen molar-refractivity contribution in [3.05, 3.63) is 0 Å². The molecule has 2 fully saturated rings. The van der Waals surface area contributed by atoms with Crippen LogP contribution < -0.4 is 5.32 Å². The average Bonchev–Trinajstić information content (AvgIpc) is 2.42. The molecule has 1 saturated heterocycles. The maximum absolute atomic E-state index is 12.5. The van der Waals surface area contributed by atoms with Gasteiger partial charge in [0.05, 0.1) is 5.41 Å². The van der Waals surface area contributed by atoms with Crippen molar-refractivity contribution < 1.29 is 9.53 Å². The Kier molecular flexibility index (Phi) is 4.54. The van der Waals surface area contributed by atoms with Crippen molar-refractivity contribution in [1.29, 1.82) is 0 Å². The molecule has 1 N–H and O–H groups in total. The first kappa shape index (κ1) is 14.8. The minimum Gasteiger partial charge on any atom is -0.462 e.